The van der Waals surface area contributed by atoms with E-state index in [1.54, 1.807) is 0 Å². The predicted octanol–water partition coefficient (Wildman–Crippen LogP) is 2.08. The number of H-pyrrole nitrogens is 1. The predicted molar refractivity (Wildman–Crippen MR) is 78.7 cm³/mol. The van der Waals surface area contributed by atoms with Gasteiger partial charge >= 0.3 is 0 Å². The second-order valence-electron chi connectivity index (χ2n) is 5.12. The van der Waals surface area contributed by atoms with Crippen molar-refractivity contribution in [2.45, 2.75) is 25.3 Å². The average Bonchev–Trinajstić information content (AvgIpc) is 2.67. The van der Waals surface area contributed by atoms with Gasteiger partial charge in [0.1, 0.15) is 5.82 Å². The molecule has 1 saturated heterocycles. The van der Waals surface area contributed by atoms with E-state index in [1.165, 1.54) is 6.42 Å². The van der Waals surface area contributed by atoms with Gasteiger partial charge in [-0.2, -0.15) is 0 Å². The molecule has 19 heavy (non-hydrogen) atoms. The molecule has 1 atom stereocenters. The summed E-state index contributed by atoms with van der Waals surface area (Å²) in [6, 6.07) is 10.1. The minimum Gasteiger partial charge on any atom is -0.369 e. The molecule has 1 aliphatic rings. The van der Waals surface area contributed by atoms with E-state index in [-0.39, 0.29) is 5.56 Å². The van der Waals surface area contributed by atoms with Gasteiger partial charge in [-0.1, -0.05) is 18.2 Å². The van der Waals surface area contributed by atoms with Crippen molar-refractivity contribution < 1.29 is 0 Å². The molecule has 1 unspecified atom stereocenters. The van der Waals surface area contributed by atoms with Crippen LogP contribution >= 0.6 is 0 Å². The van der Waals surface area contributed by atoms with Crippen LogP contribution in [0.15, 0.2) is 35.1 Å². The standard InChI is InChI=1S/C15H19N3O/c19-15-13-6-2-1-4-11(13)10-14(18-15)17-12-5-3-8-16-9-7-12/h1-2,4,6,10,12,16H,3,5,7-9H2,(H2,17,18,19). The number of hydrogen-bond donors (Lipinski definition) is 3. The van der Waals surface area contributed by atoms with E-state index in [4.69, 9.17) is 0 Å². The molecule has 1 fully saturated rings. The summed E-state index contributed by atoms with van der Waals surface area (Å²) in [5.74, 6) is 0.829. The summed E-state index contributed by atoms with van der Waals surface area (Å²) in [7, 11) is 0. The summed E-state index contributed by atoms with van der Waals surface area (Å²) in [6.07, 6.45) is 3.41. The van der Waals surface area contributed by atoms with Crippen LogP contribution < -0.4 is 16.2 Å². The second kappa shape index (κ2) is 5.45. The van der Waals surface area contributed by atoms with Crippen LogP contribution in [0.5, 0.6) is 0 Å². The van der Waals surface area contributed by atoms with Crippen molar-refractivity contribution in [1.82, 2.24) is 10.3 Å². The van der Waals surface area contributed by atoms with E-state index in [1.807, 2.05) is 30.3 Å². The summed E-state index contributed by atoms with van der Waals surface area (Å²) in [4.78, 5) is 14.9. The van der Waals surface area contributed by atoms with Gasteiger partial charge < -0.3 is 15.6 Å². The number of aromatic amines is 1. The fraction of sp³-hybridized carbons (Fsp3) is 0.400. The Labute approximate surface area is 112 Å². The molecule has 0 saturated carbocycles. The van der Waals surface area contributed by atoms with Crippen LogP contribution in [0.1, 0.15) is 19.3 Å². The molecule has 1 aliphatic heterocycles. The van der Waals surface area contributed by atoms with Crippen LogP contribution in [-0.4, -0.2) is 24.1 Å². The third-order valence-corrected chi connectivity index (χ3v) is 3.69. The minimum absolute atomic E-state index is 0.0210. The second-order valence-corrected chi connectivity index (χ2v) is 5.12. The third kappa shape index (κ3) is 2.79. The van der Waals surface area contributed by atoms with Gasteiger partial charge in [0.15, 0.2) is 0 Å². The molecule has 2 heterocycles. The molecule has 0 aliphatic carbocycles. The Kier molecular flexibility index (Phi) is 3.51. The van der Waals surface area contributed by atoms with Crippen molar-refractivity contribution in [3.05, 3.63) is 40.7 Å². The first-order chi connectivity index (χ1) is 9.33. The zero-order valence-corrected chi connectivity index (χ0v) is 10.9. The SMILES string of the molecule is O=c1[nH]c(NC2CCCNCC2)cc2ccccc12. The Balaban J connectivity index is 1.86. The molecule has 4 nitrogen and oxygen atoms in total. The first kappa shape index (κ1) is 12.2. The van der Waals surface area contributed by atoms with E-state index in [0.29, 0.717) is 6.04 Å². The molecule has 0 bridgehead atoms. The largest absolute Gasteiger partial charge is 0.369 e. The molecule has 0 radical (unpaired) electrons. The smallest absolute Gasteiger partial charge is 0.257 e. The van der Waals surface area contributed by atoms with Gasteiger partial charge in [-0.25, -0.2) is 0 Å². The van der Waals surface area contributed by atoms with Crippen molar-refractivity contribution in [2.75, 3.05) is 18.4 Å². The molecule has 3 N–H and O–H groups in total. The Morgan fingerprint density at radius 3 is 3.00 bits per heavy atom. The number of nitrogens with one attached hydrogen (secondary N) is 3. The Morgan fingerprint density at radius 1 is 1.16 bits per heavy atom. The number of benzene rings is 1. The van der Waals surface area contributed by atoms with Gasteiger partial charge in [-0.3, -0.25) is 4.79 Å². The summed E-state index contributed by atoms with van der Waals surface area (Å²) in [6.45, 7) is 2.13. The molecule has 3 rings (SSSR count). The zero-order valence-electron chi connectivity index (χ0n) is 10.9. The lowest BCUT2D eigenvalue weighted by Gasteiger charge is -2.17. The van der Waals surface area contributed by atoms with Crippen LogP contribution in [0.2, 0.25) is 0 Å². The van der Waals surface area contributed by atoms with Crippen molar-refractivity contribution in [1.29, 1.82) is 0 Å². The van der Waals surface area contributed by atoms with Crippen molar-refractivity contribution in [3.63, 3.8) is 0 Å². The van der Waals surface area contributed by atoms with Crippen LogP contribution in [0, 0.1) is 0 Å². The molecule has 1 aromatic carbocycles. The quantitative estimate of drug-likeness (QED) is 0.772. The molecule has 0 spiro atoms. The highest BCUT2D eigenvalue weighted by Crippen LogP contribution is 2.16. The van der Waals surface area contributed by atoms with Crippen molar-refractivity contribution >= 4 is 16.6 Å². The van der Waals surface area contributed by atoms with E-state index in [2.05, 4.69) is 15.6 Å². The van der Waals surface area contributed by atoms with Crippen molar-refractivity contribution in [2.24, 2.45) is 0 Å². The van der Waals surface area contributed by atoms with Gasteiger partial charge in [0.05, 0.1) is 0 Å². The number of pyridine rings is 1. The first-order valence-corrected chi connectivity index (χ1v) is 6.92. The lowest BCUT2D eigenvalue weighted by atomic mass is 10.1. The normalized spacial score (nSPS) is 20.1. The van der Waals surface area contributed by atoms with Crippen molar-refractivity contribution in [3.8, 4) is 0 Å². The van der Waals surface area contributed by atoms with E-state index >= 15 is 0 Å². The van der Waals surface area contributed by atoms with Gasteiger partial charge in [0.2, 0.25) is 0 Å². The van der Waals surface area contributed by atoms with E-state index in [9.17, 15) is 4.79 Å². The maximum absolute atomic E-state index is 12.0. The summed E-state index contributed by atoms with van der Waals surface area (Å²) < 4.78 is 0. The van der Waals surface area contributed by atoms with Gasteiger partial charge in [0.25, 0.3) is 5.56 Å². The Morgan fingerprint density at radius 2 is 2.05 bits per heavy atom. The van der Waals surface area contributed by atoms with Gasteiger partial charge in [0, 0.05) is 11.4 Å². The highest BCUT2D eigenvalue weighted by molar-refractivity contribution is 5.83. The molecule has 2 aromatic rings. The Hall–Kier alpha value is -1.81. The first-order valence-electron chi connectivity index (χ1n) is 6.92. The monoisotopic (exact) mass is 257 g/mol. The molecular weight excluding hydrogens is 238 g/mol. The van der Waals surface area contributed by atoms with Crippen LogP contribution in [-0.2, 0) is 0 Å². The summed E-state index contributed by atoms with van der Waals surface area (Å²) >= 11 is 0. The van der Waals surface area contributed by atoms with Crippen LogP contribution in [0.4, 0.5) is 5.82 Å². The summed E-state index contributed by atoms with van der Waals surface area (Å²) in [5, 5.41) is 8.58. The number of rotatable bonds is 2. The van der Waals surface area contributed by atoms with Gasteiger partial charge in [-0.05, 0) is 49.9 Å². The zero-order chi connectivity index (χ0) is 13.1. The number of anilines is 1. The van der Waals surface area contributed by atoms with Gasteiger partial charge in [-0.15, -0.1) is 0 Å². The third-order valence-electron chi connectivity index (χ3n) is 3.69. The van der Waals surface area contributed by atoms with Crippen LogP contribution in [0.25, 0.3) is 10.8 Å². The van der Waals surface area contributed by atoms with Crippen LogP contribution in [0.3, 0.4) is 0 Å². The van der Waals surface area contributed by atoms with E-state index in [0.717, 1.165) is 42.5 Å². The molecule has 4 heteroatoms. The maximum atomic E-state index is 12.0. The Bertz CT molecular complexity index is 612. The lowest BCUT2D eigenvalue weighted by molar-refractivity contribution is 0.635. The minimum atomic E-state index is -0.0210. The fourth-order valence-corrected chi connectivity index (χ4v) is 2.67. The molecule has 0 amide bonds. The number of aromatic nitrogens is 1. The lowest BCUT2D eigenvalue weighted by Crippen LogP contribution is -2.23. The molecular formula is C15H19N3O. The summed E-state index contributed by atoms with van der Waals surface area (Å²) in [5.41, 5.74) is -0.0210. The highest BCUT2D eigenvalue weighted by atomic mass is 16.1. The average molecular weight is 257 g/mol. The fourth-order valence-electron chi connectivity index (χ4n) is 2.67. The van der Waals surface area contributed by atoms with E-state index < -0.39 is 0 Å². The number of hydrogen-bond acceptors (Lipinski definition) is 3. The molecule has 100 valence electrons. The number of fused-ring (bicyclic) bond motifs is 1. The maximum Gasteiger partial charge on any atom is 0.257 e. The molecule has 1 aromatic heterocycles. The highest BCUT2D eigenvalue weighted by Gasteiger charge is 2.12. The topological polar surface area (TPSA) is 56.9 Å².